The maximum atomic E-state index is 10.9. The summed E-state index contributed by atoms with van der Waals surface area (Å²) >= 11 is 0. The molecule has 0 spiro atoms. The minimum atomic E-state index is 0.241. The van der Waals surface area contributed by atoms with Gasteiger partial charge in [-0.05, 0) is 5.92 Å². The Bertz CT molecular complexity index is 158. The van der Waals surface area contributed by atoms with Gasteiger partial charge in [-0.1, -0.05) is 13.8 Å². The van der Waals surface area contributed by atoms with E-state index >= 15 is 0 Å². The van der Waals surface area contributed by atoms with Crippen molar-refractivity contribution in [3.63, 3.8) is 0 Å². The Labute approximate surface area is 54.9 Å². The number of rotatable bonds is 1. The third kappa shape index (κ3) is 1.12. The zero-order chi connectivity index (χ0) is 6.85. The van der Waals surface area contributed by atoms with Crippen LogP contribution in [0.15, 0.2) is 11.8 Å². The first-order valence-electron chi connectivity index (χ1n) is 3.18. The molecular weight excluding hydrogens is 114 g/mol. The maximum Gasteiger partial charge on any atom is 0.179 e. The van der Waals surface area contributed by atoms with Crippen LogP contribution in [0.4, 0.5) is 0 Å². The Balaban J connectivity index is 2.68. The fourth-order valence-corrected chi connectivity index (χ4v) is 0.925. The van der Waals surface area contributed by atoms with Crippen molar-refractivity contribution in [3.8, 4) is 0 Å². The van der Waals surface area contributed by atoms with E-state index in [2.05, 4.69) is 5.32 Å². The molecule has 1 aliphatic heterocycles. The lowest BCUT2D eigenvalue weighted by molar-refractivity contribution is -0.114. The SMILES string of the molecule is CC(C)C1=CNCC1=O. The van der Waals surface area contributed by atoms with Gasteiger partial charge in [0, 0.05) is 11.8 Å². The summed E-state index contributed by atoms with van der Waals surface area (Å²) in [5, 5.41) is 2.89. The maximum absolute atomic E-state index is 10.9. The monoisotopic (exact) mass is 125 g/mol. The van der Waals surface area contributed by atoms with E-state index in [0.717, 1.165) is 5.57 Å². The van der Waals surface area contributed by atoms with E-state index in [1.165, 1.54) is 0 Å². The molecule has 0 aromatic rings. The first-order valence-corrected chi connectivity index (χ1v) is 3.18. The third-order valence-corrected chi connectivity index (χ3v) is 1.46. The Hall–Kier alpha value is -0.790. The fraction of sp³-hybridized carbons (Fsp3) is 0.571. The molecule has 0 unspecified atom stereocenters. The molecule has 0 aromatic heterocycles. The van der Waals surface area contributed by atoms with Crippen molar-refractivity contribution in [2.24, 2.45) is 5.92 Å². The molecule has 0 saturated carbocycles. The molecule has 2 nitrogen and oxygen atoms in total. The van der Waals surface area contributed by atoms with Crippen LogP contribution in [0, 0.1) is 5.92 Å². The second kappa shape index (κ2) is 2.21. The average Bonchev–Trinajstić information content (AvgIpc) is 2.13. The molecule has 0 saturated heterocycles. The van der Waals surface area contributed by atoms with Gasteiger partial charge in [-0.2, -0.15) is 0 Å². The van der Waals surface area contributed by atoms with Crippen molar-refractivity contribution >= 4 is 5.78 Å². The lowest BCUT2D eigenvalue weighted by atomic mass is 10.0. The largest absolute Gasteiger partial charge is 0.383 e. The number of Topliss-reactive ketones (excluding diaryl/α,β-unsaturated/α-hetero) is 1. The van der Waals surface area contributed by atoms with Gasteiger partial charge in [-0.25, -0.2) is 0 Å². The van der Waals surface area contributed by atoms with Crippen LogP contribution in [0.1, 0.15) is 13.8 Å². The molecule has 0 aromatic carbocycles. The second-order valence-corrected chi connectivity index (χ2v) is 2.56. The van der Waals surface area contributed by atoms with E-state index in [0.29, 0.717) is 12.5 Å². The quantitative estimate of drug-likeness (QED) is 0.559. The minimum Gasteiger partial charge on any atom is -0.383 e. The molecule has 1 N–H and O–H groups in total. The summed E-state index contributed by atoms with van der Waals surface area (Å²) in [5.41, 5.74) is 0.926. The molecule has 2 heteroatoms. The highest BCUT2D eigenvalue weighted by Gasteiger charge is 2.16. The van der Waals surface area contributed by atoms with E-state index in [9.17, 15) is 4.79 Å². The molecule has 1 heterocycles. The van der Waals surface area contributed by atoms with Gasteiger partial charge in [0.2, 0.25) is 0 Å². The standard InChI is InChI=1S/C7H11NO/c1-5(2)6-3-8-4-7(6)9/h3,5,8H,4H2,1-2H3. The van der Waals surface area contributed by atoms with E-state index in [-0.39, 0.29) is 5.78 Å². The van der Waals surface area contributed by atoms with Crippen molar-refractivity contribution in [1.82, 2.24) is 5.32 Å². The Morgan fingerprint density at radius 2 is 2.33 bits per heavy atom. The predicted molar refractivity (Wildman–Crippen MR) is 35.9 cm³/mol. The molecule has 0 bridgehead atoms. The van der Waals surface area contributed by atoms with Gasteiger partial charge >= 0.3 is 0 Å². The summed E-state index contributed by atoms with van der Waals surface area (Å²) in [6.07, 6.45) is 1.81. The number of ketones is 1. The number of hydrogen-bond acceptors (Lipinski definition) is 2. The highest BCUT2D eigenvalue weighted by molar-refractivity contribution is 5.99. The van der Waals surface area contributed by atoms with E-state index in [1.807, 2.05) is 20.0 Å². The Morgan fingerprint density at radius 1 is 1.67 bits per heavy atom. The highest BCUT2D eigenvalue weighted by Crippen LogP contribution is 2.12. The van der Waals surface area contributed by atoms with E-state index < -0.39 is 0 Å². The summed E-state index contributed by atoms with van der Waals surface area (Å²) in [6, 6.07) is 0. The van der Waals surface area contributed by atoms with Crippen molar-refractivity contribution in [2.75, 3.05) is 6.54 Å². The number of hydrogen-bond donors (Lipinski definition) is 1. The van der Waals surface area contributed by atoms with Gasteiger partial charge in [0.05, 0.1) is 6.54 Å². The summed E-state index contributed by atoms with van der Waals surface area (Å²) < 4.78 is 0. The van der Waals surface area contributed by atoms with Crippen LogP contribution in [-0.2, 0) is 4.79 Å². The van der Waals surface area contributed by atoms with Crippen LogP contribution in [0.3, 0.4) is 0 Å². The zero-order valence-corrected chi connectivity index (χ0v) is 5.77. The molecule has 0 fully saturated rings. The summed E-state index contributed by atoms with van der Waals surface area (Å²) in [6.45, 7) is 4.54. The van der Waals surface area contributed by atoms with Crippen molar-refractivity contribution in [1.29, 1.82) is 0 Å². The molecule has 0 atom stereocenters. The first-order chi connectivity index (χ1) is 4.22. The smallest absolute Gasteiger partial charge is 0.179 e. The molecule has 50 valence electrons. The molecule has 1 aliphatic rings. The van der Waals surface area contributed by atoms with Crippen molar-refractivity contribution in [2.45, 2.75) is 13.8 Å². The van der Waals surface area contributed by atoms with Crippen molar-refractivity contribution < 1.29 is 4.79 Å². The molecule has 0 radical (unpaired) electrons. The summed E-state index contributed by atoms with van der Waals surface area (Å²) in [4.78, 5) is 10.9. The Kier molecular flexibility index (Phi) is 1.56. The van der Waals surface area contributed by atoms with Crippen LogP contribution in [0.5, 0.6) is 0 Å². The molecular formula is C7H11NO. The van der Waals surface area contributed by atoms with Crippen LogP contribution in [-0.4, -0.2) is 12.3 Å². The fourth-order valence-electron chi connectivity index (χ4n) is 0.925. The normalized spacial score (nSPS) is 18.1. The predicted octanol–water partition coefficient (Wildman–Crippen LogP) is 0.699. The van der Waals surface area contributed by atoms with Gasteiger partial charge in [0.15, 0.2) is 5.78 Å². The van der Waals surface area contributed by atoms with E-state index in [4.69, 9.17) is 0 Å². The van der Waals surface area contributed by atoms with Crippen LogP contribution >= 0.6 is 0 Å². The van der Waals surface area contributed by atoms with Crippen LogP contribution < -0.4 is 5.32 Å². The van der Waals surface area contributed by atoms with Gasteiger partial charge in [0.25, 0.3) is 0 Å². The van der Waals surface area contributed by atoms with Crippen LogP contribution in [0.25, 0.3) is 0 Å². The van der Waals surface area contributed by atoms with Gasteiger partial charge in [0.1, 0.15) is 0 Å². The van der Waals surface area contributed by atoms with Gasteiger partial charge in [-0.3, -0.25) is 4.79 Å². The summed E-state index contributed by atoms with van der Waals surface area (Å²) in [7, 11) is 0. The molecule has 0 amide bonds. The topological polar surface area (TPSA) is 29.1 Å². The molecule has 1 rings (SSSR count). The minimum absolute atomic E-state index is 0.241. The number of carbonyl (C=O) groups excluding carboxylic acids is 1. The van der Waals surface area contributed by atoms with Gasteiger partial charge < -0.3 is 5.32 Å². The van der Waals surface area contributed by atoms with E-state index in [1.54, 1.807) is 0 Å². The second-order valence-electron chi connectivity index (χ2n) is 2.56. The summed E-state index contributed by atoms with van der Waals surface area (Å²) in [5.74, 6) is 0.609. The van der Waals surface area contributed by atoms with Crippen molar-refractivity contribution in [3.05, 3.63) is 11.8 Å². The number of carbonyl (C=O) groups is 1. The van der Waals surface area contributed by atoms with Crippen LogP contribution in [0.2, 0.25) is 0 Å². The number of nitrogens with one attached hydrogen (secondary N) is 1. The Morgan fingerprint density at radius 3 is 2.56 bits per heavy atom. The zero-order valence-electron chi connectivity index (χ0n) is 5.77. The lowest BCUT2D eigenvalue weighted by Crippen LogP contribution is -2.10. The lowest BCUT2D eigenvalue weighted by Gasteiger charge is -2.00. The first kappa shape index (κ1) is 6.33. The van der Waals surface area contributed by atoms with Gasteiger partial charge in [-0.15, -0.1) is 0 Å². The molecule has 0 aliphatic carbocycles. The average molecular weight is 125 g/mol. The molecule has 9 heavy (non-hydrogen) atoms. The highest BCUT2D eigenvalue weighted by atomic mass is 16.1. The third-order valence-electron chi connectivity index (χ3n) is 1.46.